The standard InChI is InChI=1S/C22H33BClNO5/c1-20(2,3)28-19(26)25-11-10-15(13-25)14-27-18-12-16(24)8-9-17(18)23-29-21(4,5)22(6,7)30-23/h8-9,12,15H,10-11,13-14H2,1-7H3. The van der Waals surface area contributed by atoms with Crippen molar-refractivity contribution in [1.82, 2.24) is 4.90 Å². The fraction of sp³-hybridized carbons (Fsp3) is 0.682. The molecule has 1 atom stereocenters. The monoisotopic (exact) mass is 437 g/mol. The third-order valence-electron chi connectivity index (χ3n) is 5.89. The highest BCUT2D eigenvalue weighted by Crippen LogP contribution is 2.37. The number of hydrogen-bond donors (Lipinski definition) is 0. The van der Waals surface area contributed by atoms with Crippen LogP contribution in [0.5, 0.6) is 5.75 Å². The van der Waals surface area contributed by atoms with Gasteiger partial charge < -0.3 is 23.7 Å². The summed E-state index contributed by atoms with van der Waals surface area (Å²) < 4.78 is 24.0. The molecule has 1 amide bonds. The predicted octanol–water partition coefficient (Wildman–Crippen LogP) is 4.28. The van der Waals surface area contributed by atoms with E-state index < -0.39 is 23.9 Å². The molecule has 2 aliphatic heterocycles. The maximum absolute atomic E-state index is 12.3. The molecule has 2 fully saturated rings. The van der Waals surface area contributed by atoms with Gasteiger partial charge in [-0.2, -0.15) is 0 Å². The van der Waals surface area contributed by atoms with Gasteiger partial charge in [-0.05, 0) is 67.0 Å². The van der Waals surface area contributed by atoms with Gasteiger partial charge in [-0.1, -0.05) is 17.7 Å². The second kappa shape index (κ2) is 8.25. The Kier molecular flexibility index (Phi) is 6.39. The van der Waals surface area contributed by atoms with E-state index >= 15 is 0 Å². The Morgan fingerprint density at radius 1 is 1.23 bits per heavy atom. The second-order valence-electron chi connectivity index (χ2n) is 10.2. The number of ether oxygens (including phenoxy) is 2. The summed E-state index contributed by atoms with van der Waals surface area (Å²) in [4.78, 5) is 14.0. The Labute approximate surface area is 185 Å². The number of amides is 1. The summed E-state index contributed by atoms with van der Waals surface area (Å²) in [6, 6.07) is 5.50. The lowest BCUT2D eigenvalue weighted by atomic mass is 9.78. The number of carbonyl (C=O) groups is 1. The number of rotatable bonds is 4. The van der Waals surface area contributed by atoms with Crippen LogP contribution in [0, 0.1) is 5.92 Å². The molecule has 0 bridgehead atoms. The van der Waals surface area contributed by atoms with Gasteiger partial charge >= 0.3 is 13.2 Å². The third-order valence-corrected chi connectivity index (χ3v) is 6.13. The molecule has 0 saturated carbocycles. The molecule has 8 heteroatoms. The summed E-state index contributed by atoms with van der Waals surface area (Å²) in [5.74, 6) is 0.874. The minimum absolute atomic E-state index is 0.225. The van der Waals surface area contributed by atoms with Gasteiger partial charge in [-0.3, -0.25) is 0 Å². The molecular weight excluding hydrogens is 405 g/mol. The van der Waals surface area contributed by atoms with Crippen molar-refractivity contribution in [3.63, 3.8) is 0 Å². The largest absolute Gasteiger partial charge is 0.498 e. The van der Waals surface area contributed by atoms with Crippen molar-refractivity contribution in [3.05, 3.63) is 23.2 Å². The number of likely N-dealkylation sites (tertiary alicyclic amines) is 1. The predicted molar refractivity (Wildman–Crippen MR) is 119 cm³/mol. The van der Waals surface area contributed by atoms with Crippen LogP contribution in [0.1, 0.15) is 54.9 Å². The van der Waals surface area contributed by atoms with Gasteiger partial charge in [0, 0.05) is 29.5 Å². The van der Waals surface area contributed by atoms with E-state index in [9.17, 15) is 4.79 Å². The fourth-order valence-electron chi connectivity index (χ4n) is 3.47. The topological polar surface area (TPSA) is 57.2 Å². The molecule has 1 unspecified atom stereocenters. The Bertz CT molecular complexity index is 776. The Morgan fingerprint density at radius 3 is 2.47 bits per heavy atom. The van der Waals surface area contributed by atoms with Crippen LogP contribution >= 0.6 is 11.6 Å². The van der Waals surface area contributed by atoms with Gasteiger partial charge in [-0.25, -0.2) is 4.79 Å². The first kappa shape index (κ1) is 23.2. The molecule has 1 aromatic carbocycles. The maximum atomic E-state index is 12.3. The highest BCUT2D eigenvalue weighted by atomic mass is 35.5. The first-order valence-corrected chi connectivity index (χ1v) is 10.9. The molecule has 3 rings (SSSR count). The molecular formula is C22H33BClNO5. The Morgan fingerprint density at radius 2 is 1.87 bits per heavy atom. The van der Waals surface area contributed by atoms with Gasteiger partial charge in [-0.15, -0.1) is 0 Å². The van der Waals surface area contributed by atoms with Crippen LogP contribution in [-0.2, 0) is 14.0 Å². The van der Waals surface area contributed by atoms with Crippen molar-refractivity contribution in [1.29, 1.82) is 0 Å². The Balaban J connectivity index is 1.64. The lowest BCUT2D eigenvalue weighted by Gasteiger charge is -2.32. The highest BCUT2D eigenvalue weighted by Gasteiger charge is 2.52. The van der Waals surface area contributed by atoms with Crippen LogP contribution in [0.25, 0.3) is 0 Å². The minimum Gasteiger partial charge on any atom is -0.494 e. The second-order valence-corrected chi connectivity index (χ2v) is 10.6. The maximum Gasteiger partial charge on any atom is 0.498 e. The molecule has 0 aliphatic carbocycles. The normalized spacial score (nSPS) is 23.0. The van der Waals surface area contributed by atoms with Crippen molar-refractivity contribution >= 4 is 30.3 Å². The summed E-state index contributed by atoms with van der Waals surface area (Å²) in [6.07, 6.45) is 0.594. The van der Waals surface area contributed by atoms with Gasteiger partial charge in [0.1, 0.15) is 11.4 Å². The van der Waals surface area contributed by atoms with Crippen LogP contribution in [0.4, 0.5) is 4.79 Å². The van der Waals surface area contributed by atoms with Crippen LogP contribution in [0.15, 0.2) is 18.2 Å². The average molecular weight is 438 g/mol. The molecule has 2 heterocycles. The number of nitrogens with zero attached hydrogens (tertiary/aromatic N) is 1. The molecule has 0 radical (unpaired) electrons. The quantitative estimate of drug-likeness (QED) is 0.658. The van der Waals surface area contributed by atoms with Crippen LogP contribution in [-0.4, -0.2) is 54.6 Å². The van der Waals surface area contributed by atoms with E-state index in [1.54, 1.807) is 11.0 Å². The first-order chi connectivity index (χ1) is 13.8. The molecule has 1 aromatic rings. The smallest absolute Gasteiger partial charge is 0.494 e. The zero-order chi connectivity index (χ0) is 22.3. The van der Waals surface area contributed by atoms with Crippen LogP contribution in [0.2, 0.25) is 5.02 Å². The SMILES string of the molecule is CC(C)(C)OC(=O)N1CCC(COc2cc(Cl)ccc2B2OC(C)(C)C(C)(C)O2)C1. The van der Waals surface area contributed by atoms with Crippen molar-refractivity contribution < 1.29 is 23.6 Å². The van der Waals surface area contributed by atoms with E-state index in [0.717, 1.165) is 11.9 Å². The summed E-state index contributed by atoms with van der Waals surface area (Å²) in [7, 11) is -0.524. The lowest BCUT2D eigenvalue weighted by Crippen LogP contribution is -2.41. The highest BCUT2D eigenvalue weighted by molar-refractivity contribution is 6.63. The average Bonchev–Trinajstić information content (AvgIpc) is 3.14. The van der Waals surface area contributed by atoms with Crippen molar-refractivity contribution in [2.75, 3.05) is 19.7 Å². The van der Waals surface area contributed by atoms with E-state index in [2.05, 4.69) is 0 Å². The molecule has 0 N–H and O–H groups in total. The van der Waals surface area contributed by atoms with Crippen molar-refractivity contribution in [2.24, 2.45) is 5.92 Å². The van der Waals surface area contributed by atoms with Gasteiger partial charge in [0.25, 0.3) is 0 Å². The fourth-order valence-corrected chi connectivity index (χ4v) is 3.63. The van der Waals surface area contributed by atoms with Crippen LogP contribution in [0.3, 0.4) is 0 Å². The van der Waals surface area contributed by atoms with Crippen molar-refractivity contribution in [3.8, 4) is 5.75 Å². The van der Waals surface area contributed by atoms with Gasteiger partial charge in [0.2, 0.25) is 0 Å². The summed E-state index contributed by atoms with van der Waals surface area (Å²) >= 11 is 6.23. The van der Waals surface area contributed by atoms with E-state index in [4.69, 9.17) is 30.4 Å². The summed E-state index contributed by atoms with van der Waals surface area (Å²) in [6.45, 7) is 15.5. The molecule has 166 valence electrons. The molecule has 0 spiro atoms. The molecule has 6 nitrogen and oxygen atoms in total. The molecule has 2 saturated heterocycles. The number of halogens is 1. The van der Waals surface area contributed by atoms with E-state index in [0.29, 0.717) is 30.5 Å². The number of benzene rings is 1. The molecule has 30 heavy (non-hydrogen) atoms. The molecule has 2 aliphatic rings. The zero-order valence-corrected chi connectivity index (χ0v) is 19.8. The van der Waals surface area contributed by atoms with Gasteiger partial charge in [0.15, 0.2) is 0 Å². The van der Waals surface area contributed by atoms with Crippen molar-refractivity contribution in [2.45, 2.75) is 71.7 Å². The number of carbonyl (C=O) groups excluding carboxylic acids is 1. The summed E-state index contributed by atoms with van der Waals surface area (Å²) in [5, 5.41) is 0.590. The number of hydrogen-bond acceptors (Lipinski definition) is 5. The van der Waals surface area contributed by atoms with E-state index in [-0.39, 0.29) is 12.0 Å². The van der Waals surface area contributed by atoms with Gasteiger partial charge in [0.05, 0.1) is 17.8 Å². The van der Waals surface area contributed by atoms with Crippen LogP contribution < -0.4 is 10.2 Å². The minimum atomic E-state index is -0.524. The third kappa shape index (κ3) is 5.24. The first-order valence-electron chi connectivity index (χ1n) is 10.5. The molecule has 0 aromatic heterocycles. The van der Waals surface area contributed by atoms with E-state index in [1.165, 1.54) is 0 Å². The Hall–Kier alpha value is -1.44. The lowest BCUT2D eigenvalue weighted by molar-refractivity contribution is 0.00578. The van der Waals surface area contributed by atoms with E-state index in [1.807, 2.05) is 60.6 Å². The summed E-state index contributed by atoms with van der Waals surface area (Å²) in [5.41, 5.74) is -0.549. The zero-order valence-electron chi connectivity index (χ0n) is 19.1.